The van der Waals surface area contributed by atoms with Gasteiger partial charge in [0.05, 0.1) is 5.60 Å². The van der Waals surface area contributed by atoms with Gasteiger partial charge in [-0.05, 0) is 86.4 Å². The first-order chi connectivity index (χ1) is 15.0. The molecule has 31 heavy (non-hydrogen) atoms. The molecule has 3 aliphatic carbocycles. The number of nitrogens with zero attached hydrogens (tertiary/aromatic N) is 1. The Morgan fingerprint density at radius 3 is 2.71 bits per heavy atom. The standard InChI is InChI=1S/C26H30N2O3/c29-21-9-8-19-12-23-26(31)15-20(27-24(30)18-4-2-1-3-5-18)14-25(26,22(19)13-21)10-11-28(23)16-17-6-7-17/h1-5,8-9,13,17,20,23,29,31H,6-7,10-12,14-16H2,(H,27,30). The van der Waals surface area contributed by atoms with E-state index >= 15 is 0 Å². The Morgan fingerprint density at radius 1 is 1.13 bits per heavy atom. The number of hydrogen-bond donors (Lipinski definition) is 3. The van der Waals surface area contributed by atoms with Crippen molar-refractivity contribution in [3.8, 4) is 5.75 Å². The third-order valence-corrected chi connectivity index (χ3v) is 8.38. The number of carbonyl (C=O) groups is 1. The first-order valence-electron chi connectivity index (χ1n) is 11.6. The Hall–Kier alpha value is -2.37. The lowest BCUT2D eigenvalue weighted by molar-refractivity contribution is -0.131. The zero-order valence-electron chi connectivity index (χ0n) is 17.8. The summed E-state index contributed by atoms with van der Waals surface area (Å²) < 4.78 is 0. The van der Waals surface area contributed by atoms with Gasteiger partial charge in [0.2, 0.25) is 0 Å². The molecule has 2 saturated carbocycles. The van der Waals surface area contributed by atoms with E-state index in [0.717, 1.165) is 37.4 Å². The van der Waals surface area contributed by atoms with Crippen molar-refractivity contribution in [3.63, 3.8) is 0 Å². The van der Waals surface area contributed by atoms with Crippen molar-refractivity contribution in [3.05, 3.63) is 65.2 Å². The molecular formula is C26H30N2O3. The van der Waals surface area contributed by atoms with Crippen LogP contribution in [0.3, 0.4) is 0 Å². The van der Waals surface area contributed by atoms with E-state index in [2.05, 4.69) is 10.2 Å². The number of hydrogen-bond acceptors (Lipinski definition) is 4. The van der Waals surface area contributed by atoms with E-state index in [1.807, 2.05) is 42.5 Å². The van der Waals surface area contributed by atoms with Gasteiger partial charge in [0.25, 0.3) is 5.91 Å². The van der Waals surface area contributed by atoms with Crippen LogP contribution in [-0.4, -0.2) is 51.8 Å². The number of piperidine rings is 1. The summed E-state index contributed by atoms with van der Waals surface area (Å²) in [6, 6.07) is 15.0. The lowest BCUT2D eigenvalue weighted by atomic mass is 9.56. The number of carbonyl (C=O) groups excluding carboxylic acids is 1. The smallest absolute Gasteiger partial charge is 0.251 e. The van der Waals surface area contributed by atoms with Gasteiger partial charge in [-0.25, -0.2) is 0 Å². The number of benzene rings is 2. The van der Waals surface area contributed by atoms with Crippen molar-refractivity contribution in [2.45, 2.75) is 61.6 Å². The lowest BCUT2D eigenvalue weighted by Gasteiger charge is -2.59. The molecular weight excluding hydrogens is 388 g/mol. The summed E-state index contributed by atoms with van der Waals surface area (Å²) >= 11 is 0. The molecule has 5 nitrogen and oxygen atoms in total. The predicted molar refractivity (Wildman–Crippen MR) is 118 cm³/mol. The van der Waals surface area contributed by atoms with Gasteiger partial charge in [-0.15, -0.1) is 0 Å². The summed E-state index contributed by atoms with van der Waals surface area (Å²) in [5.41, 5.74) is 1.67. The number of aromatic hydroxyl groups is 1. The number of aliphatic hydroxyl groups is 1. The summed E-state index contributed by atoms with van der Waals surface area (Å²) in [6.07, 6.45) is 5.54. The largest absolute Gasteiger partial charge is 0.508 e. The third-order valence-electron chi connectivity index (χ3n) is 8.38. The number of nitrogens with one attached hydrogen (secondary N) is 1. The first-order valence-corrected chi connectivity index (χ1v) is 11.6. The van der Waals surface area contributed by atoms with Gasteiger partial charge in [0.1, 0.15) is 5.75 Å². The maximum Gasteiger partial charge on any atom is 0.251 e. The minimum Gasteiger partial charge on any atom is -0.508 e. The number of amides is 1. The maximum absolute atomic E-state index is 12.9. The van der Waals surface area contributed by atoms with E-state index in [1.165, 1.54) is 18.4 Å². The van der Waals surface area contributed by atoms with Gasteiger partial charge in [-0.3, -0.25) is 9.69 Å². The van der Waals surface area contributed by atoms with E-state index in [-0.39, 0.29) is 23.7 Å². The highest BCUT2D eigenvalue weighted by Crippen LogP contribution is 2.60. The Kier molecular flexibility index (Phi) is 4.25. The summed E-state index contributed by atoms with van der Waals surface area (Å²) in [7, 11) is 0. The number of fused-ring (bicyclic) bond motifs is 1. The van der Waals surface area contributed by atoms with Crippen molar-refractivity contribution < 1.29 is 15.0 Å². The molecule has 3 fully saturated rings. The molecule has 2 aromatic rings. The Morgan fingerprint density at radius 2 is 1.94 bits per heavy atom. The summed E-state index contributed by atoms with van der Waals surface area (Å²) in [4.78, 5) is 15.4. The molecule has 5 heteroatoms. The number of rotatable bonds is 4. The summed E-state index contributed by atoms with van der Waals surface area (Å²) in [5, 5.41) is 25.8. The second kappa shape index (κ2) is 6.81. The molecule has 162 valence electrons. The predicted octanol–water partition coefficient (Wildman–Crippen LogP) is 2.99. The third kappa shape index (κ3) is 2.94. The molecule has 0 radical (unpaired) electrons. The van der Waals surface area contributed by atoms with Gasteiger partial charge in [-0.2, -0.15) is 0 Å². The van der Waals surface area contributed by atoms with E-state index < -0.39 is 11.0 Å². The topological polar surface area (TPSA) is 72.8 Å². The molecule has 1 heterocycles. The average molecular weight is 419 g/mol. The van der Waals surface area contributed by atoms with E-state index in [1.54, 1.807) is 6.07 Å². The van der Waals surface area contributed by atoms with Crippen molar-refractivity contribution in [2.75, 3.05) is 13.1 Å². The van der Waals surface area contributed by atoms with Crippen molar-refractivity contribution in [1.82, 2.24) is 10.2 Å². The highest BCUT2D eigenvalue weighted by atomic mass is 16.3. The minimum absolute atomic E-state index is 0.0671. The van der Waals surface area contributed by atoms with Gasteiger partial charge in [0, 0.05) is 29.6 Å². The fourth-order valence-corrected chi connectivity index (χ4v) is 6.79. The molecule has 2 bridgehead atoms. The van der Waals surface area contributed by atoms with E-state index in [4.69, 9.17) is 0 Å². The number of phenols is 1. The molecule has 1 saturated heterocycles. The Balaban J connectivity index is 1.36. The zero-order chi connectivity index (χ0) is 21.2. The van der Waals surface area contributed by atoms with Crippen molar-refractivity contribution in [2.24, 2.45) is 5.92 Å². The number of phenolic OH excluding ortho intramolecular Hbond substituents is 1. The van der Waals surface area contributed by atoms with Crippen molar-refractivity contribution >= 4 is 5.91 Å². The zero-order valence-corrected chi connectivity index (χ0v) is 17.8. The van der Waals surface area contributed by atoms with E-state index in [9.17, 15) is 15.0 Å². The monoisotopic (exact) mass is 418 g/mol. The fraction of sp³-hybridized carbons (Fsp3) is 0.500. The van der Waals surface area contributed by atoms with Crippen LogP contribution in [0.1, 0.15) is 53.6 Å². The van der Waals surface area contributed by atoms with Crippen LogP contribution in [0, 0.1) is 5.92 Å². The molecule has 6 rings (SSSR count). The van der Waals surface area contributed by atoms with Crippen LogP contribution in [0.4, 0.5) is 0 Å². The van der Waals surface area contributed by atoms with Crippen LogP contribution < -0.4 is 5.32 Å². The second-order valence-corrected chi connectivity index (χ2v) is 10.2. The quantitative estimate of drug-likeness (QED) is 0.714. The maximum atomic E-state index is 12.9. The lowest BCUT2D eigenvalue weighted by Crippen LogP contribution is -2.69. The molecule has 2 aromatic carbocycles. The van der Waals surface area contributed by atoms with Crippen LogP contribution >= 0.6 is 0 Å². The molecule has 4 unspecified atom stereocenters. The van der Waals surface area contributed by atoms with Gasteiger partial charge < -0.3 is 15.5 Å². The van der Waals surface area contributed by atoms with Crippen LogP contribution in [0.2, 0.25) is 0 Å². The molecule has 4 aliphatic rings. The fourth-order valence-electron chi connectivity index (χ4n) is 6.79. The molecule has 3 N–H and O–H groups in total. The van der Waals surface area contributed by atoms with Gasteiger partial charge >= 0.3 is 0 Å². The normalized spacial score (nSPS) is 34.1. The Bertz CT molecular complexity index is 1020. The molecule has 1 amide bonds. The minimum atomic E-state index is -0.893. The SMILES string of the molecule is O=C(NC1CC23CCN(CC4CC4)C(Cc4ccc(O)cc42)C3(O)C1)c1ccccc1. The van der Waals surface area contributed by atoms with Gasteiger partial charge in [-0.1, -0.05) is 24.3 Å². The van der Waals surface area contributed by atoms with Crippen LogP contribution in [-0.2, 0) is 11.8 Å². The van der Waals surface area contributed by atoms with Gasteiger partial charge in [0.15, 0.2) is 0 Å². The first kappa shape index (κ1) is 19.3. The van der Waals surface area contributed by atoms with Crippen molar-refractivity contribution in [1.29, 1.82) is 0 Å². The van der Waals surface area contributed by atoms with Crippen LogP contribution in [0.5, 0.6) is 5.75 Å². The molecule has 0 spiro atoms. The van der Waals surface area contributed by atoms with Crippen LogP contribution in [0.15, 0.2) is 48.5 Å². The molecule has 0 aromatic heterocycles. The highest BCUT2D eigenvalue weighted by molar-refractivity contribution is 5.94. The summed E-state index contributed by atoms with van der Waals surface area (Å²) in [6.45, 7) is 2.04. The second-order valence-electron chi connectivity index (χ2n) is 10.2. The Labute approximate surface area is 183 Å². The molecule has 1 aliphatic heterocycles. The highest BCUT2D eigenvalue weighted by Gasteiger charge is 2.67. The summed E-state index contributed by atoms with van der Waals surface area (Å²) in [5.74, 6) is 0.947. The average Bonchev–Trinajstić information content (AvgIpc) is 3.51. The van der Waals surface area contributed by atoms with Crippen LogP contribution in [0.25, 0.3) is 0 Å². The van der Waals surface area contributed by atoms with E-state index in [0.29, 0.717) is 18.4 Å². The molecule has 4 atom stereocenters. The number of likely N-dealkylation sites (tertiary alicyclic amines) is 1.